The van der Waals surface area contributed by atoms with Crippen LogP contribution in [0.25, 0.3) is 0 Å². The maximum absolute atomic E-state index is 13.0. The van der Waals surface area contributed by atoms with Gasteiger partial charge in [0.05, 0.1) is 5.56 Å². The molecule has 4 heteroatoms. The fourth-order valence-electron chi connectivity index (χ4n) is 1.04. The molecule has 0 atom stereocenters. The summed E-state index contributed by atoms with van der Waals surface area (Å²) in [5.74, 6) is -2.36. The average molecular weight is 185 g/mol. The molecular formula is C9H9F2NO. The van der Waals surface area contributed by atoms with E-state index < -0.39 is 23.0 Å². The SMILES string of the molecule is CCC(=O)c1c(F)cc(N)cc1F. The van der Waals surface area contributed by atoms with Crippen LogP contribution in [0.1, 0.15) is 23.7 Å². The van der Waals surface area contributed by atoms with Crippen molar-refractivity contribution >= 4 is 11.5 Å². The average Bonchev–Trinajstić information content (AvgIpc) is 2.02. The Bertz CT molecular complexity index is 326. The van der Waals surface area contributed by atoms with E-state index in [-0.39, 0.29) is 12.1 Å². The highest BCUT2D eigenvalue weighted by molar-refractivity contribution is 5.96. The topological polar surface area (TPSA) is 43.1 Å². The predicted molar refractivity (Wildman–Crippen MR) is 45.4 cm³/mol. The van der Waals surface area contributed by atoms with Crippen molar-refractivity contribution in [3.63, 3.8) is 0 Å². The summed E-state index contributed by atoms with van der Waals surface area (Å²) >= 11 is 0. The minimum Gasteiger partial charge on any atom is -0.399 e. The molecule has 13 heavy (non-hydrogen) atoms. The van der Waals surface area contributed by atoms with Crippen LogP contribution in [0.2, 0.25) is 0 Å². The molecule has 1 aromatic rings. The van der Waals surface area contributed by atoms with Crippen LogP contribution in [0.4, 0.5) is 14.5 Å². The molecule has 0 amide bonds. The lowest BCUT2D eigenvalue weighted by molar-refractivity contribution is 0.0980. The van der Waals surface area contributed by atoms with Gasteiger partial charge in [-0.1, -0.05) is 6.92 Å². The molecule has 0 spiro atoms. The van der Waals surface area contributed by atoms with Gasteiger partial charge in [0.25, 0.3) is 0 Å². The minimum absolute atomic E-state index is 0.0253. The summed E-state index contributed by atoms with van der Waals surface area (Å²) in [5.41, 5.74) is 4.65. The second-order valence-corrected chi connectivity index (χ2v) is 2.64. The molecule has 0 aliphatic rings. The van der Waals surface area contributed by atoms with E-state index >= 15 is 0 Å². The molecule has 0 aliphatic heterocycles. The zero-order valence-electron chi connectivity index (χ0n) is 7.10. The van der Waals surface area contributed by atoms with E-state index in [2.05, 4.69) is 0 Å². The predicted octanol–water partition coefficient (Wildman–Crippen LogP) is 2.14. The Balaban J connectivity index is 3.28. The van der Waals surface area contributed by atoms with Crippen LogP contribution < -0.4 is 5.73 Å². The molecule has 0 heterocycles. The van der Waals surface area contributed by atoms with Crippen molar-refractivity contribution in [1.82, 2.24) is 0 Å². The number of nitrogen functional groups attached to an aromatic ring is 1. The van der Waals surface area contributed by atoms with E-state index in [1.165, 1.54) is 6.92 Å². The summed E-state index contributed by atoms with van der Waals surface area (Å²) < 4.78 is 26.0. The van der Waals surface area contributed by atoms with Gasteiger partial charge in [0.15, 0.2) is 5.78 Å². The van der Waals surface area contributed by atoms with Crippen molar-refractivity contribution in [2.75, 3.05) is 5.73 Å². The van der Waals surface area contributed by atoms with Gasteiger partial charge in [0.1, 0.15) is 11.6 Å². The van der Waals surface area contributed by atoms with Crippen molar-refractivity contribution < 1.29 is 13.6 Å². The minimum atomic E-state index is -0.899. The van der Waals surface area contributed by atoms with Gasteiger partial charge in [0, 0.05) is 12.1 Å². The molecule has 0 aliphatic carbocycles. The van der Waals surface area contributed by atoms with Gasteiger partial charge in [-0.15, -0.1) is 0 Å². The Labute approximate surface area is 74.4 Å². The molecule has 0 bridgehead atoms. The largest absolute Gasteiger partial charge is 0.399 e. The van der Waals surface area contributed by atoms with Gasteiger partial charge in [-0.2, -0.15) is 0 Å². The molecule has 1 rings (SSSR count). The highest BCUT2D eigenvalue weighted by Crippen LogP contribution is 2.18. The van der Waals surface area contributed by atoms with Crippen LogP contribution in [0, 0.1) is 11.6 Å². The normalized spacial score (nSPS) is 10.1. The first-order valence-corrected chi connectivity index (χ1v) is 3.84. The van der Waals surface area contributed by atoms with Gasteiger partial charge in [-0.3, -0.25) is 4.79 Å². The van der Waals surface area contributed by atoms with Crippen molar-refractivity contribution in [1.29, 1.82) is 0 Å². The molecule has 70 valence electrons. The first kappa shape index (κ1) is 9.64. The van der Waals surface area contributed by atoms with E-state index in [0.717, 1.165) is 12.1 Å². The summed E-state index contributed by atoms with van der Waals surface area (Å²) in [6.07, 6.45) is 0.0672. The van der Waals surface area contributed by atoms with Crippen LogP contribution in [0.15, 0.2) is 12.1 Å². The van der Waals surface area contributed by atoms with Gasteiger partial charge >= 0.3 is 0 Å². The fraction of sp³-hybridized carbons (Fsp3) is 0.222. The number of hydrogen-bond donors (Lipinski definition) is 1. The maximum atomic E-state index is 13.0. The van der Waals surface area contributed by atoms with Crippen LogP contribution in [0.3, 0.4) is 0 Å². The van der Waals surface area contributed by atoms with Crippen molar-refractivity contribution in [2.24, 2.45) is 0 Å². The number of rotatable bonds is 2. The quantitative estimate of drug-likeness (QED) is 0.566. The molecule has 0 radical (unpaired) electrons. The number of anilines is 1. The first-order chi connectivity index (χ1) is 6.06. The zero-order valence-corrected chi connectivity index (χ0v) is 7.10. The summed E-state index contributed by atoms with van der Waals surface area (Å²) in [6.45, 7) is 1.54. The number of Topliss-reactive ketones (excluding diaryl/α,β-unsaturated/α-hetero) is 1. The number of halogens is 2. The number of carbonyl (C=O) groups is 1. The molecule has 0 aromatic heterocycles. The lowest BCUT2D eigenvalue weighted by Crippen LogP contribution is -2.05. The summed E-state index contributed by atoms with van der Waals surface area (Å²) in [4.78, 5) is 11.0. The molecule has 0 saturated heterocycles. The standard InChI is InChI=1S/C9H9F2NO/c1-2-8(13)9-6(10)3-5(12)4-7(9)11/h3-4H,2,12H2,1H3. The van der Waals surface area contributed by atoms with Gasteiger partial charge < -0.3 is 5.73 Å². The second-order valence-electron chi connectivity index (χ2n) is 2.64. The monoisotopic (exact) mass is 185 g/mol. The van der Waals surface area contributed by atoms with Crippen LogP contribution in [-0.2, 0) is 0 Å². The fourth-order valence-corrected chi connectivity index (χ4v) is 1.04. The molecule has 0 saturated carbocycles. The Kier molecular flexibility index (Phi) is 2.60. The molecule has 0 fully saturated rings. The van der Waals surface area contributed by atoms with E-state index in [0.29, 0.717) is 0 Å². The van der Waals surface area contributed by atoms with Crippen molar-refractivity contribution in [2.45, 2.75) is 13.3 Å². The van der Waals surface area contributed by atoms with E-state index in [1.54, 1.807) is 0 Å². The number of benzene rings is 1. The van der Waals surface area contributed by atoms with Crippen molar-refractivity contribution in [3.05, 3.63) is 29.3 Å². The summed E-state index contributed by atoms with van der Waals surface area (Å²) in [5, 5.41) is 0. The van der Waals surface area contributed by atoms with Crippen LogP contribution >= 0.6 is 0 Å². The zero-order chi connectivity index (χ0) is 10.0. The Morgan fingerprint density at radius 3 is 2.23 bits per heavy atom. The molecular weight excluding hydrogens is 176 g/mol. The molecule has 1 aromatic carbocycles. The maximum Gasteiger partial charge on any atom is 0.168 e. The van der Waals surface area contributed by atoms with Gasteiger partial charge in [-0.05, 0) is 12.1 Å². The van der Waals surface area contributed by atoms with Crippen LogP contribution in [-0.4, -0.2) is 5.78 Å². The lowest BCUT2D eigenvalue weighted by Gasteiger charge is -2.03. The van der Waals surface area contributed by atoms with E-state index in [9.17, 15) is 13.6 Å². The highest BCUT2D eigenvalue weighted by Gasteiger charge is 2.15. The number of carbonyl (C=O) groups excluding carboxylic acids is 1. The third kappa shape index (κ3) is 1.83. The lowest BCUT2D eigenvalue weighted by atomic mass is 10.1. The highest BCUT2D eigenvalue weighted by atomic mass is 19.1. The van der Waals surface area contributed by atoms with Crippen LogP contribution in [0.5, 0.6) is 0 Å². The van der Waals surface area contributed by atoms with Gasteiger partial charge in [-0.25, -0.2) is 8.78 Å². The summed E-state index contributed by atoms with van der Waals surface area (Å²) in [6, 6.07) is 1.87. The Morgan fingerprint density at radius 2 is 1.85 bits per heavy atom. The number of hydrogen-bond acceptors (Lipinski definition) is 2. The smallest absolute Gasteiger partial charge is 0.168 e. The molecule has 0 unspecified atom stereocenters. The first-order valence-electron chi connectivity index (χ1n) is 3.84. The van der Waals surface area contributed by atoms with Crippen molar-refractivity contribution in [3.8, 4) is 0 Å². The molecule has 2 nitrogen and oxygen atoms in total. The van der Waals surface area contributed by atoms with Gasteiger partial charge in [0.2, 0.25) is 0 Å². The van der Waals surface area contributed by atoms with E-state index in [4.69, 9.17) is 5.73 Å². The third-order valence-corrected chi connectivity index (χ3v) is 1.66. The number of nitrogens with two attached hydrogens (primary N) is 1. The second kappa shape index (κ2) is 3.51. The Morgan fingerprint density at radius 1 is 1.38 bits per heavy atom. The van der Waals surface area contributed by atoms with E-state index in [1.807, 2.05) is 0 Å². The third-order valence-electron chi connectivity index (χ3n) is 1.66. The molecule has 2 N–H and O–H groups in total. The number of ketones is 1. The Hall–Kier alpha value is -1.45. The summed E-state index contributed by atoms with van der Waals surface area (Å²) in [7, 11) is 0.